The molecule has 0 aromatic carbocycles. The Morgan fingerprint density at radius 3 is 1.12 bits per heavy atom. The fourth-order valence-corrected chi connectivity index (χ4v) is 4.69. The van der Waals surface area contributed by atoms with Gasteiger partial charge in [0.25, 0.3) is 0 Å². The number of rotatable bonds is 2. The van der Waals surface area contributed by atoms with Crippen LogP contribution in [0, 0.1) is 23.7 Å². The summed E-state index contributed by atoms with van der Waals surface area (Å²) in [6.45, 7) is 0. The maximum Gasteiger partial charge on any atom is -0.0380 e. The second-order valence-electron chi connectivity index (χ2n) is 6.79. The van der Waals surface area contributed by atoms with Crippen LogP contribution in [0.25, 0.3) is 0 Å². The van der Waals surface area contributed by atoms with E-state index in [1.165, 1.54) is 38.5 Å². The SMILES string of the molecule is C1CCC(C2CC(C3CCCCC3)C2)CC1. The first kappa shape index (κ1) is 11.1. The van der Waals surface area contributed by atoms with Crippen molar-refractivity contribution in [2.24, 2.45) is 23.7 Å². The van der Waals surface area contributed by atoms with Gasteiger partial charge >= 0.3 is 0 Å². The minimum Gasteiger partial charge on any atom is -0.0533 e. The molecule has 0 nitrogen and oxygen atoms in total. The van der Waals surface area contributed by atoms with Gasteiger partial charge in [-0.1, -0.05) is 64.2 Å². The van der Waals surface area contributed by atoms with E-state index in [1.807, 2.05) is 0 Å². The van der Waals surface area contributed by atoms with Crippen molar-refractivity contribution in [3.63, 3.8) is 0 Å². The lowest BCUT2D eigenvalue weighted by molar-refractivity contribution is 0.0448. The van der Waals surface area contributed by atoms with Gasteiger partial charge in [-0.2, -0.15) is 0 Å². The molecule has 16 heavy (non-hydrogen) atoms. The zero-order chi connectivity index (χ0) is 10.8. The first-order valence-electron chi connectivity index (χ1n) is 7.93. The Bertz CT molecular complexity index is 180. The third kappa shape index (κ3) is 2.31. The van der Waals surface area contributed by atoms with E-state index in [0.717, 1.165) is 23.7 Å². The van der Waals surface area contributed by atoms with Crippen LogP contribution in [-0.4, -0.2) is 0 Å². The van der Waals surface area contributed by atoms with Gasteiger partial charge in [0.15, 0.2) is 0 Å². The van der Waals surface area contributed by atoms with E-state index in [2.05, 4.69) is 0 Å². The quantitative estimate of drug-likeness (QED) is 0.602. The first-order valence-corrected chi connectivity index (χ1v) is 7.93. The Kier molecular flexibility index (Phi) is 3.54. The fraction of sp³-hybridized carbons (Fsp3) is 1.00. The molecule has 0 spiro atoms. The summed E-state index contributed by atoms with van der Waals surface area (Å²) >= 11 is 0. The number of hydrogen-bond acceptors (Lipinski definition) is 0. The molecule has 0 bridgehead atoms. The van der Waals surface area contributed by atoms with E-state index < -0.39 is 0 Å². The van der Waals surface area contributed by atoms with Gasteiger partial charge in [-0.15, -0.1) is 0 Å². The van der Waals surface area contributed by atoms with Crippen molar-refractivity contribution in [3.8, 4) is 0 Å². The highest BCUT2D eigenvalue weighted by atomic mass is 14.4. The molecule has 0 radical (unpaired) electrons. The molecule has 0 aromatic heterocycles. The van der Waals surface area contributed by atoms with E-state index >= 15 is 0 Å². The molecule has 0 heterocycles. The van der Waals surface area contributed by atoms with Crippen molar-refractivity contribution < 1.29 is 0 Å². The van der Waals surface area contributed by atoms with E-state index in [4.69, 9.17) is 0 Å². The second kappa shape index (κ2) is 5.10. The van der Waals surface area contributed by atoms with Crippen LogP contribution in [0.15, 0.2) is 0 Å². The highest BCUT2D eigenvalue weighted by Crippen LogP contribution is 2.50. The van der Waals surface area contributed by atoms with Gasteiger partial charge in [0.2, 0.25) is 0 Å². The molecule has 3 fully saturated rings. The van der Waals surface area contributed by atoms with Crippen molar-refractivity contribution in [2.45, 2.75) is 77.0 Å². The van der Waals surface area contributed by atoms with E-state index in [0.29, 0.717) is 0 Å². The summed E-state index contributed by atoms with van der Waals surface area (Å²) in [7, 11) is 0. The molecule has 3 saturated carbocycles. The summed E-state index contributed by atoms with van der Waals surface area (Å²) in [5.41, 5.74) is 0. The Hall–Kier alpha value is 0. The molecule has 0 saturated heterocycles. The second-order valence-corrected chi connectivity index (χ2v) is 6.79. The molecule has 3 rings (SSSR count). The molecule has 0 amide bonds. The predicted molar refractivity (Wildman–Crippen MR) is 69.4 cm³/mol. The Morgan fingerprint density at radius 2 is 0.750 bits per heavy atom. The Morgan fingerprint density at radius 1 is 0.375 bits per heavy atom. The normalized spacial score (nSPS) is 38.2. The highest BCUT2D eigenvalue weighted by molar-refractivity contribution is 4.89. The highest BCUT2D eigenvalue weighted by Gasteiger charge is 2.39. The van der Waals surface area contributed by atoms with Crippen LogP contribution in [-0.2, 0) is 0 Å². The Balaban J connectivity index is 1.43. The maximum atomic E-state index is 1.62. The zero-order valence-electron chi connectivity index (χ0n) is 10.8. The van der Waals surface area contributed by atoms with Gasteiger partial charge < -0.3 is 0 Å². The molecule has 0 heteroatoms. The smallest absolute Gasteiger partial charge is 0.0380 e. The summed E-state index contributed by atoms with van der Waals surface area (Å²) in [6, 6.07) is 0. The van der Waals surface area contributed by atoms with Gasteiger partial charge in [-0.25, -0.2) is 0 Å². The van der Waals surface area contributed by atoms with Crippen molar-refractivity contribution in [1.82, 2.24) is 0 Å². The molecular weight excluding hydrogens is 192 g/mol. The predicted octanol–water partition coefficient (Wildman–Crippen LogP) is 5.17. The third-order valence-corrected chi connectivity index (χ3v) is 5.84. The summed E-state index contributed by atoms with van der Waals surface area (Å²) in [5.74, 6) is 4.61. The minimum absolute atomic E-state index is 1.15. The van der Waals surface area contributed by atoms with Gasteiger partial charge in [0.05, 0.1) is 0 Å². The van der Waals surface area contributed by atoms with Crippen LogP contribution in [0.3, 0.4) is 0 Å². The van der Waals surface area contributed by atoms with Crippen LogP contribution in [0.1, 0.15) is 77.0 Å². The number of hydrogen-bond donors (Lipinski definition) is 0. The van der Waals surface area contributed by atoms with Crippen molar-refractivity contribution >= 4 is 0 Å². The van der Waals surface area contributed by atoms with Gasteiger partial charge in [-0.3, -0.25) is 0 Å². The largest absolute Gasteiger partial charge is 0.0533 e. The molecule has 0 N–H and O–H groups in total. The molecule has 3 aliphatic carbocycles. The molecule has 0 aliphatic heterocycles. The van der Waals surface area contributed by atoms with E-state index in [-0.39, 0.29) is 0 Å². The summed E-state index contributed by atoms with van der Waals surface area (Å²) in [5, 5.41) is 0. The van der Waals surface area contributed by atoms with Crippen LogP contribution in [0.2, 0.25) is 0 Å². The lowest BCUT2D eigenvalue weighted by Crippen LogP contribution is -2.36. The van der Waals surface area contributed by atoms with E-state index in [1.54, 1.807) is 38.5 Å². The average molecular weight is 220 g/mol. The first-order chi connectivity index (χ1) is 7.93. The van der Waals surface area contributed by atoms with Crippen LogP contribution in [0.5, 0.6) is 0 Å². The lowest BCUT2D eigenvalue weighted by Gasteiger charge is -2.46. The summed E-state index contributed by atoms with van der Waals surface area (Å²) in [4.78, 5) is 0. The van der Waals surface area contributed by atoms with Gasteiger partial charge in [0, 0.05) is 0 Å². The summed E-state index contributed by atoms with van der Waals surface area (Å²) in [6.07, 6.45) is 18.7. The standard InChI is InChI=1S/C16H28/c1-3-7-13(8-4-1)15-11-16(12-15)14-9-5-2-6-10-14/h13-16H,1-12H2. The van der Waals surface area contributed by atoms with Crippen LogP contribution in [0.4, 0.5) is 0 Å². The van der Waals surface area contributed by atoms with Crippen LogP contribution >= 0.6 is 0 Å². The third-order valence-electron chi connectivity index (χ3n) is 5.84. The van der Waals surface area contributed by atoms with Gasteiger partial charge in [0.1, 0.15) is 0 Å². The monoisotopic (exact) mass is 220 g/mol. The summed E-state index contributed by atoms with van der Waals surface area (Å²) < 4.78 is 0. The molecule has 0 unspecified atom stereocenters. The molecule has 0 aromatic rings. The maximum absolute atomic E-state index is 1.62. The molecular formula is C16H28. The Labute approximate surface area is 101 Å². The molecule has 92 valence electrons. The topological polar surface area (TPSA) is 0 Å². The fourth-order valence-electron chi connectivity index (χ4n) is 4.69. The average Bonchev–Trinajstić information content (AvgIpc) is 2.30. The molecule has 3 aliphatic rings. The van der Waals surface area contributed by atoms with Crippen LogP contribution < -0.4 is 0 Å². The lowest BCUT2D eigenvalue weighted by atomic mass is 9.59. The van der Waals surface area contributed by atoms with Crippen molar-refractivity contribution in [1.29, 1.82) is 0 Å². The van der Waals surface area contributed by atoms with Gasteiger partial charge in [-0.05, 0) is 36.5 Å². The van der Waals surface area contributed by atoms with Crippen molar-refractivity contribution in [3.05, 3.63) is 0 Å². The minimum atomic E-state index is 1.15. The zero-order valence-corrected chi connectivity index (χ0v) is 10.8. The van der Waals surface area contributed by atoms with Crippen molar-refractivity contribution in [2.75, 3.05) is 0 Å². The molecule has 0 atom stereocenters. The van der Waals surface area contributed by atoms with E-state index in [9.17, 15) is 0 Å².